The molecule has 1 aliphatic rings. The van der Waals surface area contributed by atoms with Crippen molar-refractivity contribution in [2.24, 2.45) is 11.7 Å². The Morgan fingerprint density at radius 2 is 2.00 bits per heavy atom. The maximum Gasteiger partial charge on any atom is 0.0510 e. The van der Waals surface area contributed by atoms with E-state index in [4.69, 9.17) is 5.73 Å². The van der Waals surface area contributed by atoms with Crippen LogP contribution in [0.5, 0.6) is 0 Å². The van der Waals surface area contributed by atoms with E-state index in [0.717, 1.165) is 10.4 Å². The van der Waals surface area contributed by atoms with E-state index >= 15 is 0 Å². The molecular formula is C14H21BrN2. The second kappa shape index (κ2) is 4.99. The Bertz CT molecular complexity index is 399. The van der Waals surface area contributed by atoms with Gasteiger partial charge in [0.05, 0.1) is 5.69 Å². The van der Waals surface area contributed by atoms with Crippen molar-refractivity contribution in [3.05, 3.63) is 28.2 Å². The van der Waals surface area contributed by atoms with Crippen molar-refractivity contribution in [1.82, 2.24) is 0 Å². The number of benzene rings is 1. The van der Waals surface area contributed by atoms with Gasteiger partial charge in [-0.15, -0.1) is 0 Å². The van der Waals surface area contributed by atoms with Gasteiger partial charge in [0.25, 0.3) is 0 Å². The molecule has 94 valence electrons. The van der Waals surface area contributed by atoms with Crippen LogP contribution in [-0.4, -0.2) is 13.1 Å². The number of hydrogen-bond donors (Lipinski definition) is 1. The highest BCUT2D eigenvalue weighted by Crippen LogP contribution is 2.38. The fraction of sp³-hybridized carbons (Fsp3) is 0.571. The monoisotopic (exact) mass is 296 g/mol. The average molecular weight is 297 g/mol. The highest BCUT2D eigenvalue weighted by Gasteiger charge is 2.31. The number of hydrogen-bond acceptors (Lipinski definition) is 2. The van der Waals surface area contributed by atoms with Gasteiger partial charge >= 0.3 is 0 Å². The molecule has 0 bridgehead atoms. The Labute approximate surface area is 112 Å². The molecule has 1 aliphatic carbocycles. The third-order valence-electron chi connectivity index (χ3n) is 3.79. The van der Waals surface area contributed by atoms with E-state index < -0.39 is 0 Å². The number of anilines is 1. The van der Waals surface area contributed by atoms with Crippen LogP contribution in [0.2, 0.25) is 0 Å². The van der Waals surface area contributed by atoms with E-state index in [9.17, 15) is 0 Å². The smallest absolute Gasteiger partial charge is 0.0510 e. The first-order valence-electron chi connectivity index (χ1n) is 6.28. The van der Waals surface area contributed by atoms with Crippen LogP contribution in [0.3, 0.4) is 0 Å². The van der Waals surface area contributed by atoms with Crippen molar-refractivity contribution in [3.63, 3.8) is 0 Å². The van der Waals surface area contributed by atoms with E-state index in [-0.39, 0.29) is 6.04 Å². The van der Waals surface area contributed by atoms with Crippen molar-refractivity contribution in [2.75, 3.05) is 11.9 Å². The third kappa shape index (κ3) is 2.83. The minimum Gasteiger partial charge on any atom is -0.371 e. The first-order valence-corrected chi connectivity index (χ1v) is 7.08. The maximum atomic E-state index is 5.89. The van der Waals surface area contributed by atoms with E-state index in [1.807, 2.05) is 6.92 Å². The summed E-state index contributed by atoms with van der Waals surface area (Å²) >= 11 is 3.66. The Balaban J connectivity index is 2.20. The van der Waals surface area contributed by atoms with Crippen LogP contribution in [-0.2, 0) is 0 Å². The van der Waals surface area contributed by atoms with Gasteiger partial charge in [-0.25, -0.2) is 0 Å². The van der Waals surface area contributed by atoms with Gasteiger partial charge in [-0.2, -0.15) is 0 Å². The lowest BCUT2D eigenvalue weighted by molar-refractivity contribution is 0.608. The number of nitrogens with two attached hydrogens (primary N) is 1. The molecule has 17 heavy (non-hydrogen) atoms. The van der Waals surface area contributed by atoms with Crippen LogP contribution in [0.15, 0.2) is 22.7 Å². The van der Waals surface area contributed by atoms with Gasteiger partial charge in [0.2, 0.25) is 0 Å². The first kappa shape index (κ1) is 12.9. The van der Waals surface area contributed by atoms with Crippen LogP contribution in [0.25, 0.3) is 0 Å². The third-order valence-corrected chi connectivity index (χ3v) is 4.43. The maximum absolute atomic E-state index is 5.89. The molecule has 3 heteroatoms. The molecule has 0 heterocycles. The average Bonchev–Trinajstić information content (AvgIpc) is 3.10. The van der Waals surface area contributed by atoms with Crippen LogP contribution in [0.1, 0.15) is 38.3 Å². The Morgan fingerprint density at radius 1 is 1.35 bits per heavy atom. The van der Waals surface area contributed by atoms with E-state index in [1.165, 1.54) is 24.1 Å². The SMILES string of the molecule is CC(N)c1ccc(N(C)C(C)C2CC2)c(Br)c1. The number of rotatable bonds is 4. The highest BCUT2D eigenvalue weighted by atomic mass is 79.9. The van der Waals surface area contributed by atoms with E-state index in [0.29, 0.717) is 6.04 Å². The summed E-state index contributed by atoms with van der Waals surface area (Å²) in [5.41, 5.74) is 8.32. The first-order chi connectivity index (χ1) is 8.00. The Kier molecular flexibility index (Phi) is 3.79. The topological polar surface area (TPSA) is 29.3 Å². The van der Waals surface area contributed by atoms with Gasteiger partial charge in [-0.1, -0.05) is 6.07 Å². The molecule has 2 N–H and O–H groups in total. The predicted molar refractivity (Wildman–Crippen MR) is 77.3 cm³/mol. The zero-order valence-electron chi connectivity index (χ0n) is 10.8. The second-order valence-electron chi connectivity index (χ2n) is 5.19. The van der Waals surface area contributed by atoms with Crippen LogP contribution >= 0.6 is 15.9 Å². The molecule has 0 aliphatic heterocycles. The summed E-state index contributed by atoms with van der Waals surface area (Å²) in [7, 11) is 2.18. The standard InChI is InChI=1S/C14H21BrN2/c1-9(16)12-6-7-14(13(15)8-12)17(3)10(2)11-4-5-11/h6-11H,4-5,16H2,1-3H3. The Hall–Kier alpha value is -0.540. The molecule has 1 saturated carbocycles. The predicted octanol–water partition coefficient (Wildman–Crippen LogP) is 3.70. The van der Waals surface area contributed by atoms with Crippen molar-refractivity contribution in [1.29, 1.82) is 0 Å². The number of halogens is 1. The van der Waals surface area contributed by atoms with Gasteiger partial charge in [0.15, 0.2) is 0 Å². The summed E-state index contributed by atoms with van der Waals surface area (Å²) in [4.78, 5) is 2.37. The lowest BCUT2D eigenvalue weighted by Crippen LogP contribution is -2.30. The van der Waals surface area contributed by atoms with Crippen molar-refractivity contribution in [3.8, 4) is 0 Å². The molecule has 2 nitrogen and oxygen atoms in total. The molecule has 1 aromatic rings. The lowest BCUT2D eigenvalue weighted by Gasteiger charge is -2.28. The van der Waals surface area contributed by atoms with Gasteiger partial charge in [-0.3, -0.25) is 0 Å². The van der Waals surface area contributed by atoms with Crippen molar-refractivity contribution >= 4 is 21.6 Å². The van der Waals surface area contributed by atoms with Crippen LogP contribution in [0, 0.1) is 5.92 Å². The minimum absolute atomic E-state index is 0.0894. The highest BCUT2D eigenvalue weighted by molar-refractivity contribution is 9.10. The van der Waals surface area contributed by atoms with Gasteiger partial charge in [0.1, 0.15) is 0 Å². The molecule has 0 radical (unpaired) electrons. The largest absolute Gasteiger partial charge is 0.371 e. The molecule has 0 aromatic heterocycles. The molecule has 0 saturated heterocycles. The van der Waals surface area contributed by atoms with Crippen molar-refractivity contribution < 1.29 is 0 Å². The summed E-state index contributed by atoms with van der Waals surface area (Å²) in [5.74, 6) is 0.875. The zero-order valence-corrected chi connectivity index (χ0v) is 12.4. The molecule has 2 atom stereocenters. The summed E-state index contributed by atoms with van der Waals surface area (Å²) in [5, 5.41) is 0. The van der Waals surface area contributed by atoms with Gasteiger partial charge in [0, 0.05) is 23.6 Å². The lowest BCUT2D eigenvalue weighted by atomic mass is 10.1. The molecule has 1 aromatic carbocycles. The van der Waals surface area contributed by atoms with Crippen LogP contribution in [0.4, 0.5) is 5.69 Å². The fourth-order valence-electron chi connectivity index (χ4n) is 2.21. The minimum atomic E-state index is 0.0894. The second-order valence-corrected chi connectivity index (χ2v) is 6.04. The van der Waals surface area contributed by atoms with E-state index in [2.05, 4.69) is 53.0 Å². The Morgan fingerprint density at radius 3 is 2.47 bits per heavy atom. The van der Waals surface area contributed by atoms with E-state index in [1.54, 1.807) is 0 Å². The molecule has 2 rings (SSSR count). The van der Waals surface area contributed by atoms with Gasteiger partial charge in [-0.05, 0) is 66.2 Å². The summed E-state index contributed by atoms with van der Waals surface area (Å²) in [6, 6.07) is 7.14. The fourth-order valence-corrected chi connectivity index (χ4v) is 2.88. The summed E-state index contributed by atoms with van der Waals surface area (Å²) < 4.78 is 1.14. The van der Waals surface area contributed by atoms with Gasteiger partial charge < -0.3 is 10.6 Å². The van der Waals surface area contributed by atoms with Crippen LogP contribution < -0.4 is 10.6 Å². The molecule has 0 amide bonds. The molecule has 1 fully saturated rings. The molecule has 0 spiro atoms. The summed E-state index contributed by atoms with van der Waals surface area (Å²) in [6.07, 6.45) is 2.75. The quantitative estimate of drug-likeness (QED) is 0.918. The summed E-state index contributed by atoms with van der Waals surface area (Å²) in [6.45, 7) is 4.32. The van der Waals surface area contributed by atoms with Crippen molar-refractivity contribution in [2.45, 2.75) is 38.8 Å². The zero-order chi connectivity index (χ0) is 12.6. The molecule has 2 unspecified atom stereocenters. The molecular weight excluding hydrogens is 276 g/mol. The number of nitrogens with zero attached hydrogens (tertiary/aromatic N) is 1. The normalized spacial score (nSPS) is 18.9.